The highest BCUT2D eigenvalue weighted by Crippen LogP contribution is 2.37. The number of aliphatic imine (C=N–C) groups is 1. The van der Waals surface area contributed by atoms with Gasteiger partial charge < -0.3 is 24.6 Å². The van der Waals surface area contributed by atoms with Gasteiger partial charge in [-0.2, -0.15) is 0 Å². The fraction of sp³-hybridized carbons (Fsp3) is 0.474. The summed E-state index contributed by atoms with van der Waals surface area (Å²) in [4.78, 5) is 4.23. The van der Waals surface area contributed by atoms with E-state index in [9.17, 15) is 0 Å². The number of guanidine groups is 1. The van der Waals surface area contributed by atoms with Crippen LogP contribution in [0.1, 0.15) is 43.2 Å². The van der Waals surface area contributed by atoms with Crippen molar-refractivity contribution in [3.8, 4) is 11.5 Å². The molecular weight excluding hydrogens is 495 g/mol. The quantitative estimate of drug-likeness (QED) is 0.351. The van der Waals surface area contributed by atoms with Crippen LogP contribution in [0, 0.1) is 0 Å². The van der Waals surface area contributed by atoms with Crippen molar-refractivity contribution in [1.82, 2.24) is 15.8 Å². The van der Waals surface area contributed by atoms with Crippen LogP contribution >= 0.6 is 35.6 Å². The summed E-state index contributed by atoms with van der Waals surface area (Å²) in [6.45, 7) is 6.44. The highest BCUT2D eigenvalue weighted by atomic mass is 127. The summed E-state index contributed by atoms with van der Waals surface area (Å²) in [5.74, 6) is 3.06. The van der Waals surface area contributed by atoms with E-state index < -0.39 is 0 Å². The highest BCUT2D eigenvalue weighted by molar-refractivity contribution is 14.0. The zero-order valence-electron chi connectivity index (χ0n) is 16.3. The van der Waals surface area contributed by atoms with Crippen molar-refractivity contribution in [2.24, 2.45) is 4.99 Å². The number of halogens is 2. The molecule has 1 aliphatic heterocycles. The summed E-state index contributed by atoms with van der Waals surface area (Å²) in [6.07, 6.45) is 0.843. The van der Waals surface area contributed by atoms with Crippen molar-refractivity contribution in [1.29, 1.82) is 0 Å². The molecule has 0 saturated heterocycles. The Hall–Kier alpha value is -1.68. The number of nitrogens with one attached hydrogen (secondary N) is 2. The van der Waals surface area contributed by atoms with Gasteiger partial charge in [-0.05, 0) is 23.6 Å². The molecule has 0 fully saturated rings. The zero-order chi connectivity index (χ0) is 19.2. The number of hydrogen-bond donors (Lipinski definition) is 2. The van der Waals surface area contributed by atoms with Gasteiger partial charge in [-0.15, -0.1) is 24.0 Å². The molecule has 2 aromatic rings. The van der Waals surface area contributed by atoms with Gasteiger partial charge in [0.1, 0.15) is 0 Å². The molecule has 1 aliphatic rings. The van der Waals surface area contributed by atoms with E-state index in [1.165, 1.54) is 0 Å². The maximum absolute atomic E-state index is 6.34. The molecule has 7 nitrogen and oxygen atoms in total. The fourth-order valence-electron chi connectivity index (χ4n) is 2.65. The van der Waals surface area contributed by atoms with Gasteiger partial charge in [-0.1, -0.05) is 30.6 Å². The van der Waals surface area contributed by atoms with Crippen LogP contribution in [0.4, 0.5) is 0 Å². The van der Waals surface area contributed by atoms with Crippen LogP contribution in [-0.2, 0) is 13.1 Å². The van der Waals surface area contributed by atoms with E-state index in [-0.39, 0.29) is 24.0 Å². The third-order valence-corrected chi connectivity index (χ3v) is 4.43. The van der Waals surface area contributed by atoms with Gasteiger partial charge >= 0.3 is 0 Å². The molecule has 9 heteroatoms. The zero-order valence-corrected chi connectivity index (χ0v) is 19.3. The van der Waals surface area contributed by atoms with Gasteiger partial charge in [0.15, 0.2) is 23.2 Å². The van der Waals surface area contributed by atoms with Crippen molar-refractivity contribution in [3.05, 3.63) is 40.2 Å². The minimum absolute atomic E-state index is 0. The number of nitrogens with zero attached hydrogens (tertiary/aromatic N) is 2. The van der Waals surface area contributed by atoms with Crippen LogP contribution in [0.5, 0.6) is 11.5 Å². The fourth-order valence-corrected chi connectivity index (χ4v) is 2.94. The molecule has 3 rings (SSSR count). The van der Waals surface area contributed by atoms with Crippen molar-refractivity contribution >= 4 is 41.5 Å². The third-order valence-electron chi connectivity index (χ3n) is 4.14. The Morgan fingerprint density at radius 1 is 1.18 bits per heavy atom. The first-order valence-corrected chi connectivity index (χ1v) is 9.42. The summed E-state index contributed by atoms with van der Waals surface area (Å²) >= 11 is 6.34. The first-order chi connectivity index (χ1) is 13.1. The molecule has 154 valence electrons. The SMILES string of the molecule is CN=C(NCc1cc(Cl)c2c(c1)OCCCO2)NCc1cc(C(C)C)no1.I. The molecule has 0 atom stereocenters. The average molecular weight is 521 g/mol. The molecule has 28 heavy (non-hydrogen) atoms. The summed E-state index contributed by atoms with van der Waals surface area (Å²) in [7, 11) is 1.72. The minimum atomic E-state index is 0. The summed E-state index contributed by atoms with van der Waals surface area (Å²) in [5, 5.41) is 11.1. The third kappa shape index (κ3) is 5.91. The van der Waals surface area contributed by atoms with Gasteiger partial charge in [0.05, 0.1) is 30.5 Å². The highest BCUT2D eigenvalue weighted by Gasteiger charge is 2.16. The van der Waals surface area contributed by atoms with Gasteiger partial charge in [-0.3, -0.25) is 4.99 Å². The van der Waals surface area contributed by atoms with Crippen molar-refractivity contribution in [3.63, 3.8) is 0 Å². The number of fused-ring (bicyclic) bond motifs is 1. The lowest BCUT2D eigenvalue weighted by molar-refractivity contribution is 0.297. The van der Waals surface area contributed by atoms with Gasteiger partial charge in [0.2, 0.25) is 0 Å². The first kappa shape index (κ1) is 22.6. The van der Waals surface area contributed by atoms with Crippen LogP contribution < -0.4 is 20.1 Å². The molecule has 1 aromatic carbocycles. The Labute approximate surface area is 187 Å². The van der Waals surface area contributed by atoms with E-state index in [1.807, 2.05) is 18.2 Å². The molecule has 0 bridgehead atoms. The Kier molecular flexibility index (Phi) is 8.68. The van der Waals surface area contributed by atoms with Crippen molar-refractivity contribution < 1.29 is 14.0 Å². The van der Waals surface area contributed by atoms with E-state index in [4.69, 9.17) is 25.6 Å². The average Bonchev–Trinajstić information content (AvgIpc) is 3.00. The molecule has 0 saturated carbocycles. The van der Waals surface area contributed by atoms with Crippen LogP contribution in [-0.4, -0.2) is 31.4 Å². The predicted octanol–water partition coefficient (Wildman–Crippen LogP) is 4.10. The van der Waals surface area contributed by atoms with Crippen LogP contribution in [0.2, 0.25) is 5.02 Å². The molecule has 0 spiro atoms. The maximum atomic E-state index is 6.34. The molecule has 0 unspecified atom stereocenters. The number of aromatic nitrogens is 1. The maximum Gasteiger partial charge on any atom is 0.191 e. The monoisotopic (exact) mass is 520 g/mol. The molecule has 1 aromatic heterocycles. The smallest absolute Gasteiger partial charge is 0.191 e. The van der Waals surface area contributed by atoms with Crippen LogP contribution in [0.25, 0.3) is 0 Å². The van der Waals surface area contributed by atoms with Crippen LogP contribution in [0.3, 0.4) is 0 Å². The van der Waals surface area contributed by atoms with E-state index in [1.54, 1.807) is 7.05 Å². The van der Waals surface area contributed by atoms with E-state index in [0.29, 0.717) is 54.7 Å². The molecule has 0 aliphatic carbocycles. The number of ether oxygens (including phenoxy) is 2. The molecule has 0 amide bonds. The summed E-state index contributed by atoms with van der Waals surface area (Å²) in [6, 6.07) is 5.77. The van der Waals surface area contributed by atoms with E-state index in [2.05, 4.69) is 34.6 Å². The molecular formula is C19H26ClIN4O3. The Morgan fingerprint density at radius 3 is 2.64 bits per heavy atom. The second-order valence-electron chi connectivity index (χ2n) is 6.61. The normalized spacial score (nSPS) is 13.7. The lowest BCUT2D eigenvalue weighted by Crippen LogP contribution is -2.36. The number of benzene rings is 1. The first-order valence-electron chi connectivity index (χ1n) is 9.05. The lowest BCUT2D eigenvalue weighted by Gasteiger charge is -2.14. The molecule has 0 radical (unpaired) electrons. The summed E-state index contributed by atoms with van der Waals surface area (Å²) in [5.41, 5.74) is 1.92. The van der Waals surface area contributed by atoms with Crippen molar-refractivity contribution in [2.45, 2.75) is 39.3 Å². The minimum Gasteiger partial charge on any atom is -0.489 e. The summed E-state index contributed by atoms with van der Waals surface area (Å²) < 4.78 is 16.7. The van der Waals surface area contributed by atoms with Crippen LogP contribution in [0.15, 0.2) is 27.7 Å². The second kappa shape index (κ2) is 10.8. The Morgan fingerprint density at radius 2 is 1.93 bits per heavy atom. The number of hydrogen-bond acceptors (Lipinski definition) is 5. The van der Waals surface area contributed by atoms with Gasteiger partial charge in [-0.25, -0.2) is 0 Å². The topological polar surface area (TPSA) is 80.9 Å². The van der Waals surface area contributed by atoms with Gasteiger partial charge in [0.25, 0.3) is 0 Å². The van der Waals surface area contributed by atoms with Crippen molar-refractivity contribution in [2.75, 3.05) is 20.3 Å². The lowest BCUT2D eigenvalue weighted by atomic mass is 10.1. The Balaban J connectivity index is 0.00000280. The number of rotatable bonds is 5. The Bertz CT molecular complexity index is 810. The molecule has 2 heterocycles. The predicted molar refractivity (Wildman–Crippen MR) is 120 cm³/mol. The van der Waals surface area contributed by atoms with E-state index >= 15 is 0 Å². The standard InChI is InChI=1S/C19H25ClN4O3.HI/c1-12(2)16-9-14(27-24-16)11-23-19(21-3)22-10-13-7-15(20)18-17(8-13)25-5-4-6-26-18;/h7-9,12H,4-6,10-11H2,1-3H3,(H2,21,22,23);1H. The van der Waals surface area contributed by atoms with Gasteiger partial charge in [0, 0.05) is 26.1 Å². The second-order valence-corrected chi connectivity index (χ2v) is 7.01. The molecule has 2 N–H and O–H groups in total. The largest absolute Gasteiger partial charge is 0.489 e. The van der Waals surface area contributed by atoms with E-state index in [0.717, 1.165) is 23.4 Å².